The average Bonchev–Trinajstić information content (AvgIpc) is 2.94. The third kappa shape index (κ3) is 3.74. The van der Waals surface area contributed by atoms with Crippen LogP contribution in [0.1, 0.15) is 17.8 Å². The number of halogens is 2. The Hall–Kier alpha value is -1.15. The van der Waals surface area contributed by atoms with Crippen LogP contribution in [0.2, 0.25) is 0 Å². The molecule has 114 valence electrons. The van der Waals surface area contributed by atoms with Gasteiger partial charge in [-0.1, -0.05) is 0 Å². The summed E-state index contributed by atoms with van der Waals surface area (Å²) in [5.41, 5.74) is 2.00. The molecule has 2 heterocycles. The second-order valence-corrected chi connectivity index (χ2v) is 6.57. The Morgan fingerprint density at radius 3 is 2.48 bits per heavy atom. The van der Waals surface area contributed by atoms with Crippen LogP contribution in [0.4, 0.5) is 0 Å². The van der Waals surface area contributed by atoms with Crippen molar-refractivity contribution < 1.29 is 4.79 Å². The van der Waals surface area contributed by atoms with Crippen LogP contribution in [0.3, 0.4) is 0 Å². The largest absolute Gasteiger partial charge is 0.340 e. The summed E-state index contributed by atoms with van der Waals surface area (Å²) in [6, 6.07) is 0. The molecular formula is C13H17Br2N5O. The minimum Gasteiger partial charge on any atom is -0.340 e. The monoisotopic (exact) mass is 417 g/mol. The first-order chi connectivity index (χ1) is 9.90. The van der Waals surface area contributed by atoms with E-state index in [-0.39, 0.29) is 5.91 Å². The van der Waals surface area contributed by atoms with Gasteiger partial charge in [-0.05, 0) is 38.8 Å². The molecule has 0 aliphatic heterocycles. The summed E-state index contributed by atoms with van der Waals surface area (Å²) >= 11 is 6.86. The van der Waals surface area contributed by atoms with Crippen LogP contribution in [0, 0.1) is 6.92 Å². The number of amides is 1. The van der Waals surface area contributed by atoms with Crippen molar-refractivity contribution in [3.05, 3.63) is 32.7 Å². The van der Waals surface area contributed by atoms with E-state index in [0.29, 0.717) is 19.5 Å². The maximum Gasteiger partial charge on any atom is 0.224 e. The topological polar surface area (TPSA) is 56.0 Å². The Labute approximate surface area is 140 Å². The van der Waals surface area contributed by atoms with E-state index in [1.807, 2.05) is 18.7 Å². The first-order valence-electron chi connectivity index (χ1n) is 6.48. The van der Waals surface area contributed by atoms with Crippen LogP contribution >= 0.6 is 31.9 Å². The van der Waals surface area contributed by atoms with Crippen molar-refractivity contribution >= 4 is 37.8 Å². The van der Waals surface area contributed by atoms with E-state index in [0.717, 1.165) is 20.3 Å². The summed E-state index contributed by atoms with van der Waals surface area (Å²) in [6.45, 7) is 3.07. The highest BCUT2D eigenvalue weighted by atomic mass is 79.9. The highest BCUT2D eigenvalue weighted by molar-refractivity contribution is 9.10. The minimum absolute atomic E-state index is 0.0779. The SMILES string of the molecule is Cc1c(Br)cnn1CCC(=O)N(C)Cc1c(Br)cnn1C. The third-order valence-electron chi connectivity index (χ3n) is 3.40. The molecule has 0 N–H and O–H groups in total. The van der Waals surface area contributed by atoms with Gasteiger partial charge in [0.15, 0.2) is 0 Å². The Bertz CT molecular complexity index is 630. The fraction of sp³-hybridized carbons (Fsp3) is 0.462. The molecule has 1 amide bonds. The van der Waals surface area contributed by atoms with Crippen LogP contribution in [-0.4, -0.2) is 37.4 Å². The van der Waals surface area contributed by atoms with Gasteiger partial charge in [0.2, 0.25) is 5.91 Å². The molecule has 0 aliphatic carbocycles. The summed E-state index contributed by atoms with van der Waals surface area (Å²) in [7, 11) is 3.66. The fourth-order valence-corrected chi connectivity index (χ4v) is 2.74. The zero-order valence-corrected chi connectivity index (χ0v) is 15.3. The fourth-order valence-electron chi connectivity index (χ4n) is 1.97. The first-order valence-corrected chi connectivity index (χ1v) is 8.07. The number of hydrogen-bond donors (Lipinski definition) is 0. The molecular weight excluding hydrogens is 402 g/mol. The van der Waals surface area contributed by atoms with Gasteiger partial charge in [-0.25, -0.2) is 0 Å². The smallest absolute Gasteiger partial charge is 0.224 e. The lowest BCUT2D eigenvalue weighted by Gasteiger charge is -2.18. The molecule has 6 nitrogen and oxygen atoms in total. The van der Waals surface area contributed by atoms with E-state index in [9.17, 15) is 4.79 Å². The van der Waals surface area contributed by atoms with Crippen LogP contribution in [-0.2, 0) is 24.9 Å². The summed E-state index contributed by atoms with van der Waals surface area (Å²) in [6.07, 6.45) is 3.90. The lowest BCUT2D eigenvalue weighted by Crippen LogP contribution is -2.28. The van der Waals surface area contributed by atoms with Gasteiger partial charge in [0.05, 0.1) is 33.6 Å². The van der Waals surface area contributed by atoms with E-state index in [1.165, 1.54) is 0 Å². The van der Waals surface area contributed by atoms with Crippen molar-refractivity contribution in [3.8, 4) is 0 Å². The molecule has 0 aromatic carbocycles. The molecule has 0 unspecified atom stereocenters. The highest BCUT2D eigenvalue weighted by Crippen LogP contribution is 2.17. The number of aromatic nitrogens is 4. The van der Waals surface area contributed by atoms with Crippen molar-refractivity contribution in [2.24, 2.45) is 7.05 Å². The van der Waals surface area contributed by atoms with E-state index < -0.39 is 0 Å². The van der Waals surface area contributed by atoms with Gasteiger partial charge in [-0.3, -0.25) is 14.2 Å². The van der Waals surface area contributed by atoms with Crippen LogP contribution < -0.4 is 0 Å². The summed E-state index contributed by atoms with van der Waals surface area (Å²) in [5, 5.41) is 8.38. The van der Waals surface area contributed by atoms with Gasteiger partial charge in [-0.2, -0.15) is 10.2 Å². The molecule has 0 radical (unpaired) electrons. The van der Waals surface area contributed by atoms with Crippen LogP contribution in [0.5, 0.6) is 0 Å². The number of nitrogens with zero attached hydrogens (tertiary/aromatic N) is 5. The molecule has 0 atom stereocenters. The molecule has 0 saturated carbocycles. The van der Waals surface area contributed by atoms with Gasteiger partial charge in [0, 0.05) is 32.8 Å². The molecule has 21 heavy (non-hydrogen) atoms. The zero-order chi connectivity index (χ0) is 15.6. The maximum atomic E-state index is 12.2. The van der Waals surface area contributed by atoms with E-state index in [2.05, 4.69) is 42.1 Å². The average molecular weight is 419 g/mol. The molecule has 0 saturated heterocycles. The van der Waals surface area contributed by atoms with Gasteiger partial charge in [0.25, 0.3) is 0 Å². The number of rotatable bonds is 5. The standard InChI is InChI=1S/C13H17Br2N5O/c1-9-10(14)6-17-20(9)5-4-13(21)18(2)8-12-11(15)7-16-19(12)3/h6-7H,4-5,8H2,1-3H3. The Morgan fingerprint density at radius 1 is 1.29 bits per heavy atom. The second kappa shape index (κ2) is 6.74. The quantitative estimate of drug-likeness (QED) is 0.749. The molecule has 0 aliphatic rings. The van der Waals surface area contributed by atoms with Crippen LogP contribution in [0.15, 0.2) is 21.3 Å². The Morgan fingerprint density at radius 2 is 1.95 bits per heavy atom. The normalized spacial score (nSPS) is 10.9. The first kappa shape index (κ1) is 16.2. The molecule has 0 bridgehead atoms. The molecule has 0 spiro atoms. The minimum atomic E-state index is 0.0779. The van der Waals surface area contributed by atoms with E-state index in [1.54, 1.807) is 29.0 Å². The van der Waals surface area contributed by atoms with Crippen molar-refractivity contribution in [3.63, 3.8) is 0 Å². The molecule has 2 rings (SSSR count). The Balaban J connectivity index is 1.93. The number of carbonyl (C=O) groups is 1. The lowest BCUT2D eigenvalue weighted by molar-refractivity contribution is -0.130. The maximum absolute atomic E-state index is 12.2. The zero-order valence-electron chi connectivity index (χ0n) is 12.2. The summed E-state index contributed by atoms with van der Waals surface area (Å²) in [4.78, 5) is 13.9. The number of carbonyl (C=O) groups excluding carboxylic acids is 1. The van der Waals surface area contributed by atoms with Gasteiger partial charge >= 0.3 is 0 Å². The van der Waals surface area contributed by atoms with Gasteiger partial charge < -0.3 is 4.90 Å². The molecule has 8 heteroatoms. The summed E-state index contributed by atoms with van der Waals surface area (Å²) < 4.78 is 5.47. The van der Waals surface area contributed by atoms with Crippen molar-refractivity contribution in [1.82, 2.24) is 24.5 Å². The molecule has 0 fully saturated rings. The van der Waals surface area contributed by atoms with Gasteiger partial charge in [0.1, 0.15) is 0 Å². The second-order valence-electron chi connectivity index (χ2n) is 4.86. The van der Waals surface area contributed by atoms with Crippen molar-refractivity contribution in [1.29, 1.82) is 0 Å². The van der Waals surface area contributed by atoms with E-state index >= 15 is 0 Å². The Kier molecular flexibility index (Phi) is 5.21. The molecule has 2 aromatic heterocycles. The molecule has 2 aromatic rings. The predicted molar refractivity (Wildman–Crippen MR) is 86.7 cm³/mol. The predicted octanol–water partition coefficient (Wildman–Crippen LogP) is 2.50. The number of aryl methyl sites for hydroxylation is 2. The van der Waals surface area contributed by atoms with Crippen LogP contribution in [0.25, 0.3) is 0 Å². The lowest BCUT2D eigenvalue weighted by atomic mass is 10.3. The van der Waals surface area contributed by atoms with Crippen molar-refractivity contribution in [2.45, 2.75) is 26.4 Å². The number of hydrogen-bond acceptors (Lipinski definition) is 3. The summed E-state index contributed by atoms with van der Waals surface area (Å²) in [5.74, 6) is 0.0779. The third-order valence-corrected chi connectivity index (χ3v) is 4.85. The van der Waals surface area contributed by atoms with E-state index in [4.69, 9.17) is 0 Å². The van der Waals surface area contributed by atoms with Gasteiger partial charge in [-0.15, -0.1) is 0 Å². The van der Waals surface area contributed by atoms with Crippen molar-refractivity contribution in [2.75, 3.05) is 7.05 Å². The highest BCUT2D eigenvalue weighted by Gasteiger charge is 2.14.